The van der Waals surface area contributed by atoms with Gasteiger partial charge < -0.3 is 5.11 Å². The van der Waals surface area contributed by atoms with Gasteiger partial charge in [0.2, 0.25) is 0 Å². The summed E-state index contributed by atoms with van der Waals surface area (Å²) in [6.07, 6.45) is 4.03. The molecule has 0 spiro atoms. The van der Waals surface area contributed by atoms with E-state index in [9.17, 15) is 9.90 Å². The molecule has 88 valence electrons. The van der Waals surface area contributed by atoms with Crippen molar-refractivity contribution in [3.05, 3.63) is 23.8 Å². The molecular formula is C14H20O2. The molecular weight excluding hydrogens is 200 g/mol. The lowest BCUT2D eigenvalue weighted by Crippen LogP contribution is -2.39. The SMILES string of the molecule is C=C(C)[C@@H]1CCC2=CC(=O)[C@H](O)[C@@H](C)[C@@H]2C1. The minimum Gasteiger partial charge on any atom is -0.385 e. The fourth-order valence-electron chi connectivity index (χ4n) is 3.03. The predicted molar refractivity (Wildman–Crippen MR) is 63.9 cm³/mol. The Kier molecular flexibility index (Phi) is 3.02. The summed E-state index contributed by atoms with van der Waals surface area (Å²) in [4.78, 5) is 11.5. The Morgan fingerprint density at radius 1 is 1.56 bits per heavy atom. The van der Waals surface area contributed by atoms with Crippen LogP contribution in [-0.4, -0.2) is 17.0 Å². The van der Waals surface area contributed by atoms with Crippen molar-refractivity contribution in [1.82, 2.24) is 0 Å². The van der Waals surface area contributed by atoms with Gasteiger partial charge in [0.1, 0.15) is 6.10 Å². The lowest BCUT2D eigenvalue weighted by molar-refractivity contribution is -0.126. The van der Waals surface area contributed by atoms with Crippen molar-refractivity contribution in [3.8, 4) is 0 Å². The molecule has 2 aliphatic carbocycles. The minimum absolute atomic E-state index is 0.0645. The average molecular weight is 220 g/mol. The van der Waals surface area contributed by atoms with Crippen LogP contribution in [0.3, 0.4) is 0 Å². The van der Waals surface area contributed by atoms with Gasteiger partial charge in [-0.3, -0.25) is 4.79 Å². The van der Waals surface area contributed by atoms with Gasteiger partial charge in [-0.1, -0.05) is 24.6 Å². The van der Waals surface area contributed by atoms with Crippen LogP contribution in [0.1, 0.15) is 33.1 Å². The lowest BCUT2D eigenvalue weighted by Gasteiger charge is -2.39. The van der Waals surface area contributed by atoms with Crippen molar-refractivity contribution in [2.75, 3.05) is 0 Å². The van der Waals surface area contributed by atoms with E-state index in [-0.39, 0.29) is 11.7 Å². The van der Waals surface area contributed by atoms with Gasteiger partial charge in [0.15, 0.2) is 5.78 Å². The third-order valence-corrected chi connectivity index (χ3v) is 4.24. The summed E-state index contributed by atoms with van der Waals surface area (Å²) >= 11 is 0. The average Bonchev–Trinajstić information content (AvgIpc) is 2.25. The number of carbonyl (C=O) groups excluding carboxylic acids is 1. The smallest absolute Gasteiger partial charge is 0.184 e. The summed E-state index contributed by atoms with van der Waals surface area (Å²) in [5, 5.41) is 9.79. The van der Waals surface area contributed by atoms with Crippen LogP contribution in [0.25, 0.3) is 0 Å². The van der Waals surface area contributed by atoms with Gasteiger partial charge >= 0.3 is 0 Å². The molecule has 0 radical (unpaired) electrons. The molecule has 16 heavy (non-hydrogen) atoms. The van der Waals surface area contributed by atoms with E-state index in [1.54, 1.807) is 6.08 Å². The van der Waals surface area contributed by atoms with Gasteiger partial charge in [-0.25, -0.2) is 0 Å². The zero-order valence-electron chi connectivity index (χ0n) is 10.1. The number of ketones is 1. The highest BCUT2D eigenvalue weighted by Gasteiger charge is 2.38. The molecule has 0 bridgehead atoms. The Labute approximate surface area is 97.0 Å². The van der Waals surface area contributed by atoms with Crippen LogP contribution in [0, 0.1) is 17.8 Å². The molecule has 0 aromatic heterocycles. The van der Waals surface area contributed by atoms with Gasteiger partial charge in [0, 0.05) is 0 Å². The van der Waals surface area contributed by atoms with Crippen molar-refractivity contribution < 1.29 is 9.90 Å². The first-order valence-electron chi connectivity index (χ1n) is 6.08. The van der Waals surface area contributed by atoms with Gasteiger partial charge in [-0.15, -0.1) is 0 Å². The molecule has 0 aromatic rings. The van der Waals surface area contributed by atoms with Crippen LogP contribution in [0.15, 0.2) is 23.8 Å². The Bertz CT molecular complexity index is 354. The highest BCUT2D eigenvalue weighted by Crippen LogP contribution is 2.43. The quantitative estimate of drug-likeness (QED) is 0.689. The number of aliphatic hydroxyl groups is 1. The molecule has 2 nitrogen and oxygen atoms in total. The van der Waals surface area contributed by atoms with Crippen LogP contribution in [-0.2, 0) is 4.79 Å². The summed E-state index contributed by atoms with van der Waals surface area (Å²) in [6, 6.07) is 0. The Morgan fingerprint density at radius 2 is 2.25 bits per heavy atom. The molecule has 1 N–H and O–H groups in total. The highest BCUT2D eigenvalue weighted by molar-refractivity contribution is 5.95. The molecule has 0 heterocycles. The molecule has 2 heteroatoms. The molecule has 0 aliphatic heterocycles. The molecule has 0 unspecified atom stereocenters. The molecule has 2 aliphatic rings. The van der Waals surface area contributed by atoms with E-state index in [2.05, 4.69) is 13.5 Å². The van der Waals surface area contributed by atoms with Gasteiger partial charge in [0.05, 0.1) is 0 Å². The van der Waals surface area contributed by atoms with Gasteiger partial charge in [-0.2, -0.15) is 0 Å². The van der Waals surface area contributed by atoms with Crippen LogP contribution in [0.5, 0.6) is 0 Å². The molecule has 4 atom stereocenters. The number of carbonyl (C=O) groups is 1. The Balaban J connectivity index is 2.22. The summed E-state index contributed by atoms with van der Waals surface area (Å²) in [5.74, 6) is 0.898. The summed E-state index contributed by atoms with van der Waals surface area (Å²) in [7, 11) is 0. The van der Waals surface area contributed by atoms with E-state index in [1.165, 1.54) is 11.1 Å². The number of fused-ring (bicyclic) bond motifs is 1. The first kappa shape index (κ1) is 11.6. The number of hydrogen-bond donors (Lipinski definition) is 1. The van der Waals surface area contributed by atoms with Crippen molar-refractivity contribution in [2.24, 2.45) is 17.8 Å². The van der Waals surface area contributed by atoms with Gasteiger partial charge in [-0.05, 0) is 50.0 Å². The number of rotatable bonds is 1. The first-order valence-corrected chi connectivity index (χ1v) is 6.08. The normalized spacial score (nSPS) is 38.9. The van der Waals surface area contributed by atoms with E-state index >= 15 is 0 Å². The molecule has 1 saturated carbocycles. The second kappa shape index (κ2) is 4.17. The second-order valence-corrected chi connectivity index (χ2v) is 5.35. The maximum Gasteiger partial charge on any atom is 0.184 e. The zero-order chi connectivity index (χ0) is 11.9. The Morgan fingerprint density at radius 3 is 2.88 bits per heavy atom. The molecule has 2 rings (SSSR count). The summed E-state index contributed by atoms with van der Waals surface area (Å²) in [6.45, 7) is 8.09. The maximum absolute atomic E-state index is 11.5. The van der Waals surface area contributed by atoms with Crippen molar-refractivity contribution >= 4 is 5.78 Å². The Hall–Kier alpha value is -0.890. The first-order chi connectivity index (χ1) is 7.50. The van der Waals surface area contributed by atoms with Gasteiger partial charge in [0.25, 0.3) is 0 Å². The predicted octanol–water partition coefficient (Wildman–Crippen LogP) is 2.48. The van der Waals surface area contributed by atoms with E-state index in [1.807, 2.05) is 6.92 Å². The molecule has 0 amide bonds. The third-order valence-electron chi connectivity index (χ3n) is 4.24. The van der Waals surface area contributed by atoms with Crippen LogP contribution in [0.4, 0.5) is 0 Å². The number of hydrogen-bond acceptors (Lipinski definition) is 2. The fourth-order valence-corrected chi connectivity index (χ4v) is 3.03. The lowest BCUT2D eigenvalue weighted by atomic mass is 9.66. The van der Waals surface area contributed by atoms with Crippen LogP contribution in [0.2, 0.25) is 0 Å². The van der Waals surface area contributed by atoms with Crippen molar-refractivity contribution in [1.29, 1.82) is 0 Å². The third kappa shape index (κ3) is 1.86. The monoisotopic (exact) mass is 220 g/mol. The van der Waals surface area contributed by atoms with Crippen LogP contribution >= 0.6 is 0 Å². The topological polar surface area (TPSA) is 37.3 Å². The van der Waals surface area contributed by atoms with E-state index in [4.69, 9.17) is 0 Å². The highest BCUT2D eigenvalue weighted by atomic mass is 16.3. The largest absolute Gasteiger partial charge is 0.385 e. The molecule has 0 saturated heterocycles. The second-order valence-electron chi connectivity index (χ2n) is 5.35. The van der Waals surface area contributed by atoms with E-state index in [0.29, 0.717) is 11.8 Å². The van der Waals surface area contributed by atoms with E-state index in [0.717, 1.165) is 19.3 Å². The van der Waals surface area contributed by atoms with E-state index < -0.39 is 6.10 Å². The summed E-state index contributed by atoms with van der Waals surface area (Å²) < 4.78 is 0. The maximum atomic E-state index is 11.5. The minimum atomic E-state index is -0.794. The standard InChI is InChI=1S/C14H20O2/c1-8(2)10-4-5-11-7-13(15)14(16)9(3)12(11)6-10/h7,9-10,12,14,16H,1,4-6H2,2-3H3/t9-,10+,12-,14+/m0/s1. The fraction of sp³-hybridized carbons (Fsp3) is 0.643. The van der Waals surface area contributed by atoms with Crippen molar-refractivity contribution in [2.45, 2.75) is 39.2 Å². The summed E-state index contributed by atoms with van der Waals surface area (Å²) in [5.41, 5.74) is 2.48. The molecule has 0 aromatic carbocycles. The van der Waals surface area contributed by atoms with Crippen LogP contribution < -0.4 is 0 Å². The number of allylic oxidation sites excluding steroid dienone is 2. The van der Waals surface area contributed by atoms with Crippen molar-refractivity contribution in [3.63, 3.8) is 0 Å². The molecule has 1 fully saturated rings. The number of aliphatic hydroxyl groups excluding tert-OH is 1. The zero-order valence-corrected chi connectivity index (χ0v) is 10.1.